The molecule has 6 nitrogen and oxygen atoms in total. The minimum Gasteiger partial charge on any atom is -0.353 e. The smallest absolute Gasteiger partial charge is 0.237 e. The molecule has 1 saturated heterocycles. The molecule has 0 bridgehead atoms. The van der Waals surface area contributed by atoms with Crippen molar-refractivity contribution in [3.8, 4) is 0 Å². The number of piperidine rings is 1. The lowest BCUT2D eigenvalue weighted by molar-refractivity contribution is -0.130. The molecule has 1 heterocycles. The summed E-state index contributed by atoms with van der Waals surface area (Å²) in [4.78, 5) is 23.3. The van der Waals surface area contributed by atoms with E-state index in [-0.39, 0.29) is 35.4 Å². The topological polar surface area (TPSA) is 96.2 Å². The van der Waals surface area contributed by atoms with Crippen molar-refractivity contribution in [1.82, 2.24) is 16.1 Å². The van der Waals surface area contributed by atoms with Crippen LogP contribution in [0.25, 0.3) is 0 Å². The number of hydrazine groups is 1. The van der Waals surface area contributed by atoms with Gasteiger partial charge in [-0.1, -0.05) is 6.92 Å². The Morgan fingerprint density at radius 1 is 1.25 bits per heavy atom. The van der Waals surface area contributed by atoms with E-state index in [1.54, 1.807) is 6.92 Å². The molecule has 1 aliphatic rings. The molecule has 1 fully saturated rings. The Bertz CT molecular complexity index is 363. The number of nitrogens with one attached hydrogen (secondary N) is 3. The minimum absolute atomic E-state index is 0.0139. The summed E-state index contributed by atoms with van der Waals surface area (Å²) < 4.78 is 0. The van der Waals surface area contributed by atoms with Gasteiger partial charge in [-0.25, -0.2) is 5.84 Å². The first-order valence-electron chi connectivity index (χ1n) is 7.14. The largest absolute Gasteiger partial charge is 0.353 e. The number of carbonyl (C=O) groups excluding carboxylic acids is 2. The zero-order valence-corrected chi connectivity index (χ0v) is 13.2. The first-order chi connectivity index (χ1) is 9.04. The number of amides is 2. The van der Waals surface area contributed by atoms with Gasteiger partial charge in [0.25, 0.3) is 0 Å². The van der Waals surface area contributed by atoms with Crippen LogP contribution in [0.1, 0.15) is 53.9 Å². The first kappa shape index (κ1) is 16.9. The molecule has 116 valence electrons. The highest BCUT2D eigenvalue weighted by atomic mass is 16.2. The van der Waals surface area contributed by atoms with Crippen LogP contribution in [0, 0.1) is 5.92 Å². The Hall–Kier alpha value is -1.14. The molecule has 0 aliphatic carbocycles. The fourth-order valence-corrected chi connectivity index (χ4v) is 3.22. The predicted octanol–water partition coefficient (Wildman–Crippen LogP) is 0.428. The molecule has 0 radical (unpaired) electrons. The van der Waals surface area contributed by atoms with Crippen molar-refractivity contribution in [2.24, 2.45) is 11.8 Å². The maximum absolute atomic E-state index is 12.0. The quantitative estimate of drug-likeness (QED) is 0.342. The van der Waals surface area contributed by atoms with Gasteiger partial charge in [0.05, 0.1) is 0 Å². The van der Waals surface area contributed by atoms with E-state index in [4.69, 9.17) is 5.84 Å². The molecule has 0 aromatic rings. The fraction of sp³-hybridized carbons (Fsp3) is 0.857. The van der Waals surface area contributed by atoms with E-state index in [1.165, 1.54) is 0 Å². The number of rotatable bonds is 4. The molecular formula is C14H28N4O2. The van der Waals surface area contributed by atoms with Crippen molar-refractivity contribution in [1.29, 1.82) is 0 Å². The van der Waals surface area contributed by atoms with Crippen molar-refractivity contribution in [3.63, 3.8) is 0 Å². The van der Waals surface area contributed by atoms with Gasteiger partial charge < -0.3 is 10.6 Å². The molecule has 5 N–H and O–H groups in total. The summed E-state index contributed by atoms with van der Waals surface area (Å²) in [5.74, 6) is 4.24. The van der Waals surface area contributed by atoms with E-state index in [1.807, 2.05) is 0 Å². The van der Waals surface area contributed by atoms with E-state index in [2.05, 4.69) is 43.8 Å². The Labute approximate surface area is 121 Å². The fourth-order valence-electron chi connectivity index (χ4n) is 3.22. The van der Waals surface area contributed by atoms with Crippen LogP contribution >= 0.6 is 0 Å². The second-order valence-electron chi connectivity index (χ2n) is 7.18. The van der Waals surface area contributed by atoms with Crippen molar-refractivity contribution in [3.05, 3.63) is 0 Å². The molecule has 0 spiro atoms. The summed E-state index contributed by atoms with van der Waals surface area (Å²) in [6.07, 6.45) is 1.91. The van der Waals surface area contributed by atoms with Gasteiger partial charge in [-0.15, -0.1) is 0 Å². The zero-order chi connectivity index (χ0) is 15.6. The third-order valence-corrected chi connectivity index (χ3v) is 3.64. The Morgan fingerprint density at radius 2 is 1.75 bits per heavy atom. The third kappa shape index (κ3) is 5.09. The molecule has 2 amide bonds. The standard InChI is InChI=1S/C14H28N4O2/c1-9(12(20)17-15)6-11(19)16-10-7-13(2,3)18-14(4,5)8-10/h9-10,18H,6-8,15H2,1-5H3,(H,16,19)(H,17,20). The zero-order valence-electron chi connectivity index (χ0n) is 13.2. The van der Waals surface area contributed by atoms with Gasteiger partial charge in [-0.05, 0) is 40.5 Å². The van der Waals surface area contributed by atoms with Crippen LogP contribution in [0.3, 0.4) is 0 Å². The normalized spacial score (nSPS) is 22.9. The summed E-state index contributed by atoms with van der Waals surface area (Å²) in [5, 5.41) is 6.61. The minimum atomic E-state index is -0.414. The Morgan fingerprint density at radius 3 is 2.20 bits per heavy atom. The molecule has 1 unspecified atom stereocenters. The van der Waals surface area contributed by atoms with Crippen LogP contribution in [-0.2, 0) is 9.59 Å². The first-order valence-corrected chi connectivity index (χ1v) is 7.14. The van der Waals surface area contributed by atoms with Gasteiger partial charge in [-0.3, -0.25) is 15.0 Å². The molecule has 6 heteroatoms. The van der Waals surface area contributed by atoms with E-state index in [9.17, 15) is 9.59 Å². The third-order valence-electron chi connectivity index (χ3n) is 3.64. The SMILES string of the molecule is CC(CC(=O)NC1CC(C)(C)NC(C)(C)C1)C(=O)NN. The van der Waals surface area contributed by atoms with Crippen LogP contribution in [0.4, 0.5) is 0 Å². The lowest BCUT2D eigenvalue weighted by Crippen LogP contribution is -2.62. The van der Waals surface area contributed by atoms with Crippen LogP contribution in [-0.4, -0.2) is 28.9 Å². The summed E-state index contributed by atoms with van der Waals surface area (Å²) in [7, 11) is 0. The Balaban J connectivity index is 2.55. The monoisotopic (exact) mass is 284 g/mol. The van der Waals surface area contributed by atoms with Crippen molar-refractivity contribution in [2.75, 3.05) is 0 Å². The summed E-state index contributed by atoms with van der Waals surface area (Å²) >= 11 is 0. The molecule has 1 aliphatic heterocycles. The van der Waals surface area contributed by atoms with E-state index >= 15 is 0 Å². The summed E-state index contributed by atoms with van der Waals surface area (Å²) in [5.41, 5.74) is 2.04. The second-order valence-corrected chi connectivity index (χ2v) is 7.18. The highest BCUT2D eigenvalue weighted by Gasteiger charge is 2.38. The molecular weight excluding hydrogens is 256 g/mol. The average Bonchev–Trinajstić information content (AvgIpc) is 2.22. The number of carbonyl (C=O) groups is 2. The lowest BCUT2D eigenvalue weighted by atomic mass is 9.79. The van der Waals surface area contributed by atoms with Gasteiger partial charge in [0.1, 0.15) is 0 Å². The maximum atomic E-state index is 12.0. The van der Waals surface area contributed by atoms with Gasteiger partial charge in [0, 0.05) is 29.5 Å². The van der Waals surface area contributed by atoms with Crippen LogP contribution < -0.4 is 21.9 Å². The second kappa shape index (κ2) is 6.10. The highest BCUT2D eigenvalue weighted by molar-refractivity contribution is 5.85. The molecule has 1 rings (SSSR count). The molecule has 0 saturated carbocycles. The van der Waals surface area contributed by atoms with Crippen LogP contribution in [0.15, 0.2) is 0 Å². The summed E-state index contributed by atoms with van der Waals surface area (Å²) in [6, 6.07) is 0.127. The number of nitrogens with two attached hydrogens (primary N) is 1. The average molecular weight is 284 g/mol. The van der Waals surface area contributed by atoms with Gasteiger partial charge in [0.15, 0.2) is 0 Å². The molecule has 20 heavy (non-hydrogen) atoms. The van der Waals surface area contributed by atoms with Crippen LogP contribution in [0.2, 0.25) is 0 Å². The van der Waals surface area contributed by atoms with E-state index in [0.29, 0.717) is 0 Å². The highest BCUT2D eigenvalue weighted by Crippen LogP contribution is 2.28. The Kier molecular flexibility index (Phi) is 5.15. The summed E-state index contributed by atoms with van der Waals surface area (Å²) in [6.45, 7) is 10.2. The van der Waals surface area contributed by atoms with E-state index < -0.39 is 5.92 Å². The van der Waals surface area contributed by atoms with Gasteiger partial charge in [0.2, 0.25) is 11.8 Å². The number of hydrogen-bond acceptors (Lipinski definition) is 4. The number of hydrogen-bond donors (Lipinski definition) is 4. The molecule has 0 aromatic heterocycles. The van der Waals surface area contributed by atoms with Gasteiger partial charge in [-0.2, -0.15) is 0 Å². The van der Waals surface area contributed by atoms with Crippen LogP contribution in [0.5, 0.6) is 0 Å². The van der Waals surface area contributed by atoms with Crippen molar-refractivity contribution >= 4 is 11.8 Å². The lowest BCUT2D eigenvalue weighted by Gasteiger charge is -2.46. The van der Waals surface area contributed by atoms with Crippen molar-refractivity contribution in [2.45, 2.75) is 71.0 Å². The van der Waals surface area contributed by atoms with E-state index in [0.717, 1.165) is 12.8 Å². The molecule has 1 atom stereocenters. The maximum Gasteiger partial charge on any atom is 0.237 e. The predicted molar refractivity (Wildman–Crippen MR) is 78.6 cm³/mol. The van der Waals surface area contributed by atoms with Gasteiger partial charge >= 0.3 is 0 Å². The van der Waals surface area contributed by atoms with Crippen molar-refractivity contribution < 1.29 is 9.59 Å². The molecule has 0 aromatic carbocycles.